The molecule has 7 heteroatoms. The first-order chi connectivity index (χ1) is 14.5. The van der Waals surface area contributed by atoms with E-state index in [1.54, 1.807) is 76.2 Å². The molecule has 0 spiro atoms. The Morgan fingerprint density at radius 2 is 0.710 bits per heavy atom. The zero-order valence-corrected chi connectivity index (χ0v) is 18.9. The van der Waals surface area contributed by atoms with Crippen molar-refractivity contribution in [2.24, 2.45) is 15.0 Å². The maximum absolute atomic E-state index is 10.9. The topological polar surface area (TPSA) is 106 Å². The summed E-state index contributed by atoms with van der Waals surface area (Å²) in [6.45, 7) is 0. The normalized spacial score (nSPS) is 10.2. The van der Waals surface area contributed by atoms with E-state index in [0.717, 1.165) is 0 Å². The predicted molar refractivity (Wildman–Crippen MR) is 118 cm³/mol. The van der Waals surface area contributed by atoms with Crippen molar-refractivity contribution in [2.75, 3.05) is 21.1 Å². The molecule has 0 saturated carbocycles. The molecule has 0 heterocycles. The van der Waals surface area contributed by atoms with Gasteiger partial charge in [0.1, 0.15) is 0 Å². The summed E-state index contributed by atoms with van der Waals surface area (Å²) in [5.74, 6) is 0.0642. The van der Waals surface area contributed by atoms with Crippen LogP contribution in [0.5, 0.6) is 17.2 Å². The number of hydrogen-bond donors (Lipinski definition) is 0. The first kappa shape index (κ1) is 27.6. The summed E-state index contributed by atoms with van der Waals surface area (Å²) in [6.07, 6.45) is 4.67. The Balaban J connectivity index is 0.000000429. The zero-order valence-electron chi connectivity index (χ0n) is 17.6. The Hall–Kier alpha value is -3.40. The van der Waals surface area contributed by atoms with Crippen LogP contribution in [0.25, 0.3) is 0 Å². The molecule has 6 nitrogen and oxygen atoms in total. The van der Waals surface area contributed by atoms with Crippen molar-refractivity contribution in [1.82, 2.24) is 0 Å². The summed E-state index contributed by atoms with van der Waals surface area (Å²) in [5.41, 5.74) is 1.93. The monoisotopic (exact) mass is 454 g/mol. The minimum absolute atomic E-state index is 0. The molecule has 0 aliphatic carbocycles. The van der Waals surface area contributed by atoms with Crippen molar-refractivity contribution in [1.29, 1.82) is 0 Å². The van der Waals surface area contributed by atoms with Crippen molar-refractivity contribution in [2.45, 2.75) is 0 Å². The van der Waals surface area contributed by atoms with Gasteiger partial charge in [0.25, 0.3) is 0 Å². The molecule has 0 amide bonds. The van der Waals surface area contributed by atoms with Crippen molar-refractivity contribution >= 4 is 18.6 Å². The molecule has 0 fully saturated rings. The molecule has 1 radical (unpaired) electrons. The average Bonchev–Trinajstić information content (AvgIpc) is 2.75. The first-order valence-electron chi connectivity index (χ1n) is 9.08. The fourth-order valence-electron chi connectivity index (χ4n) is 2.18. The van der Waals surface area contributed by atoms with Gasteiger partial charge in [-0.25, -0.2) is 0 Å². The van der Waals surface area contributed by atoms with E-state index < -0.39 is 0 Å². The van der Waals surface area contributed by atoms with E-state index in [0.29, 0.717) is 16.7 Å². The van der Waals surface area contributed by atoms with Gasteiger partial charge in [-0.3, -0.25) is 15.0 Å². The van der Waals surface area contributed by atoms with E-state index >= 15 is 0 Å². The van der Waals surface area contributed by atoms with Gasteiger partial charge in [0, 0.05) is 39.8 Å². The Morgan fingerprint density at radius 1 is 0.484 bits per heavy atom. The molecule has 3 aromatic rings. The molecule has 0 N–H and O–H groups in total. The third-order valence-electron chi connectivity index (χ3n) is 3.56. The minimum atomic E-state index is 0. The molecule has 0 atom stereocenters. The second-order valence-electron chi connectivity index (χ2n) is 5.78. The molecule has 0 unspecified atom stereocenters. The molecule has 0 bridgehead atoms. The molecule has 3 aromatic carbocycles. The van der Waals surface area contributed by atoms with Crippen LogP contribution in [0.2, 0.25) is 0 Å². The van der Waals surface area contributed by atoms with Crippen LogP contribution in [-0.4, -0.2) is 39.8 Å². The fourth-order valence-corrected chi connectivity index (χ4v) is 2.18. The maximum atomic E-state index is 10.9. The fraction of sp³-hybridized carbons (Fsp3) is 0.125. The summed E-state index contributed by atoms with van der Waals surface area (Å²) in [6, 6.07) is 20.4. The van der Waals surface area contributed by atoms with Gasteiger partial charge in [0.2, 0.25) is 0 Å². The number of rotatable bonds is 3. The van der Waals surface area contributed by atoms with E-state index in [9.17, 15) is 15.3 Å². The van der Waals surface area contributed by atoms with Crippen LogP contribution in [0.1, 0.15) is 16.7 Å². The Labute approximate surface area is 194 Å². The van der Waals surface area contributed by atoms with Gasteiger partial charge in [0.05, 0.1) is 0 Å². The molecule has 0 aliphatic heterocycles. The molecular formula is C24H24CrN3O3. The molecule has 159 valence electrons. The standard InChI is InChI=1S/3C8H9NO.Cr/c3*1-9-6-7-4-2-3-5-8(7)10;/h3*2-6,10H,1H3;/q;;;+3/p-3. The smallest absolute Gasteiger partial charge is 0.872 e. The molecule has 0 saturated heterocycles. The maximum Gasteiger partial charge on any atom is 3.00 e. The van der Waals surface area contributed by atoms with Crippen LogP contribution in [0.15, 0.2) is 87.8 Å². The Morgan fingerprint density at radius 3 is 0.903 bits per heavy atom. The van der Waals surface area contributed by atoms with E-state index in [2.05, 4.69) is 15.0 Å². The second kappa shape index (κ2) is 16.4. The van der Waals surface area contributed by atoms with Crippen LogP contribution in [0.3, 0.4) is 0 Å². The molecule has 3 rings (SSSR count). The SMILES string of the molecule is CN=Cc1ccccc1[O-].CN=Cc1ccccc1[O-].CN=Cc1ccccc1[O-].[Cr+3]. The minimum Gasteiger partial charge on any atom is -0.872 e. The van der Waals surface area contributed by atoms with E-state index in [1.807, 2.05) is 18.2 Å². The van der Waals surface area contributed by atoms with Crippen LogP contribution in [0.4, 0.5) is 0 Å². The molecule has 0 aliphatic rings. The quantitative estimate of drug-likeness (QED) is 0.568. The number of nitrogens with zero attached hydrogens (tertiary/aromatic N) is 3. The van der Waals surface area contributed by atoms with Gasteiger partial charge in [-0.05, 0) is 16.7 Å². The Bertz CT molecular complexity index is 862. The van der Waals surface area contributed by atoms with Gasteiger partial charge in [-0.1, -0.05) is 72.8 Å². The van der Waals surface area contributed by atoms with Gasteiger partial charge in [0.15, 0.2) is 0 Å². The van der Waals surface area contributed by atoms with Gasteiger partial charge in [-0.2, -0.15) is 0 Å². The number of hydrogen-bond acceptors (Lipinski definition) is 6. The number of benzene rings is 3. The predicted octanol–water partition coefficient (Wildman–Crippen LogP) is 2.42. The van der Waals surface area contributed by atoms with Gasteiger partial charge >= 0.3 is 17.4 Å². The third kappa shape index (κ3) is 10.8. The largest absolute Gasteiger partial charge is 3.00 e. The van der Waals surface area contributed by atoms with E-state index in [1.165, 1.54) is 18.2 Å². The summed E-state index contributed by atoms with van der Waals surface area (Å²) >= 11 is 0. The van der Waals surface area contributed by atoms with Gasteiger partial charge in [-0.15, -0.1) is 17.2 Å². The third-order valence-corrected chi connectivity index (χ3v) is 3.56. The Kier molecular flexibility index (Phi) is 14.6. The van der Waals surface area contributed by atoms with Crippen molar-refractivity contribution < 1.29 is 32.7 Å². The molecule has 31 heavy (non-hydrogen) atoms. The van der Waals surface area contributed by atoms with E-state index in [4.69, 9.17) is 0 Å². The van der Waals surface area contributed by atoms with Crippen LogP contribution < -0.4 is 15.3 Å². The first-order valence-corrected chi connectivity index (χ1v) is 9.08. The summed E-state index contributed by atoms with van der Waals surface area (Å²) < 4.78 is 0. The summed E-state index contributed by atoms with van der Waals surface area (Å²) in [7, 11) is 4.94. The second-order valence-corrected chi connectivity index (χ2v) is 5.78. The summed E-state index contributed by atoms with van der Waals surface area (Å²) in [5, 5.41) is 32.8. The number of para-hydroxylation sites is 3. The van der Waals surface area contributed by atoms with Crippen LogP contribution in [0, 0.1) is 0 Å². The van der Waals surface area contributed by atoms with Crippen molar-refractivity contribution in [3.8, 4) is 17.2 Å². The van der Waals surface area contributed by atoms with E-state index in [-0.39, 0.29) is 34.6 Å². The number of aliphatic imine (C=N–C) groups is 3. The molecular weight excluding hydrogens is 430 g/mol. The average molecular weight is 454 g/mol. The van der Waals surface area contributed by atoms with Gasteiger partial charge < -0.3 is 15.3 Å². The summed E-state index contributed by atoms with van der Waals surface area (Å²) in [4.78, 5) is 11.2. The molecule has 0 aromatic heterocycles. The van der Waals surface area contributed by atoms with Crippen molar-refractivity contribution in [3.05, 3.63) is 89.5 Å². The zero-order chi connectivity index (χ0) is 22.2. The van der Waals surface area contributed by atoms with Crippen LogP contribution in [-0.2, 0) is 17.4 Å². The van der Waals surface area contributed by atoms with Crippen LogP contribution >= 0.6 is 0 Å². The van der Waals surface area contributed by atoms with Crippen molar-refractivity contribution in [3.63, 3.8) is 0 Å².